The number of amides is 1. The highest BCUT2D eigenvalue weighted by atomic mass is 28.4. The fourth-order valence-electron chi connectivity index (χ4n) is 2.94. The van der Waals surface area contributed by atoms with Gasteiger partial charge in [0.2, 0.25) is 0 Å². The van der Waals surface area contributed by atoms with Crippen LogP contribution in [0.25, 0.3) is 0 Å². The first-order chi connectivity index (χ1) is 12.1. The Balaban J connectivity index is 3.25. The minimum atomic E-state index is -2.09. The van der Waals surface area contributed by atoms with E-state index in [0.717, 1.165) is 0 Å². The van der Waals surface area contributed by atoms with Gasteiger partial charge in [0.05, 0.1) is 19.3 Å². The van der Waals surface area contributed by atoms with Gasteiger partial charge in [0.1, 0.15) is 11.6 Å². The van der Waals surface area contributed by atoms with Crippen molar-refractivity contribution in [1.29, 1.82) is 0 Å². The first kappa shape index (κ1) is 23.7. The molecule has 1 amide bonds. The highest BCUT2D eigenvalue weighted by Gasteiger charge is 2.51. The van der Waals surface area contributed by atoms with Crippen LogP contribution in [0.4, 0.5) is 4.79 Å². The number of hydrogen-bond acceptors (Lipinski definition) is 5. The summed E-state index contributed by atoms with van der Waals surface area (Å²) in [5, 5.41) is 0.0197. The van der Waals surface area contributed by atoms with Crippen molar-refractivity contribution in [3.8, 4) is 0 Å². The van der Waals surface area contributed by atoms with Crippen molar-refractivity contribution in [3.63, 3.8) is 0 Å². The third-order valence-electron chi connectivity index (χ3n) is 5.32. The van der Waals surface area contributed by atoms with Crippen molar-refractivity contribution in [3.05, 3.63) is 12.7 Å². The van der Waals surface area contributed by atoms with E-state index in [4.69, 9.17) is 13.9 Å². The molecule has 1 aliphatic heterocycles. The lowest BCUT2D eigenvalue weighted by Crippen LogP contribution is -2.50. The molecule has 0 N–H and O–H groups in total. The molecule has 0 saturated carbocycles. The molecule has 0 radical (unpaired) electrons. The molecule has 0 aliphatic carbocycles. The van der Waals surface area contributed by atoms with E-state index in [1.54, 1.807) is 26.8 Å². The van der Waals surface area contributed by atoms with Crippen LogP contribution in [-0.2, 0) is 18.7 Å². The lowest BCUT2D eigenvalue weighted by molar-refractivity contribution is -0.146. The van der Waals surface area contributed by atoms with E-state index in [1.165, 1.54) is 12.0 Å². The van der Waals surface area contributed by atoms with Crippen molar-refractivity contribution in [2.45, 2.75) is 96.3 Å². The van der Waals surface area contributed by atoms with E-state index in [0.29, 0.717) is 12.8 Å². The lowest BCUT2D eigenvalue weighted by atomic mass is 10.1. The lowest BCUT2D eigenvalue weighted by Gasteiger charge is -2.40. The minimum Gasteiger partial charge on any atom is -0.467 e. The van der Waals surface area contributed by atoms with E-state index >= 15 is 0 Å². The van der Waals surface area contributed by atoms with Crippen LogP contribution < -0.4 is 0 Å². The zero-order chi connectivity index (χ0) is 21.2. The van der Waals surface area contributed by atoms with E-state index in [1.807, 2.05) is 0 Å². The van der Waals surface area contributed by atoms with Crippen LogP contribution in [0.15, 0.2) is 12.7 Å². The average molecular weight is 400 g/mol. The SMILES string of the molecule is C=CC[C@H]1[C@@H](O[Si](C)(C)C(C)(C)C)C[C@@H](C(=O)OC)N1C(=O)OC(C)(C)C. The number of nitrogens with zero attached hydrogens (tertiary/aromatic N) is 1. The monoisotopic (exact) mass is 399 g/mol. The molecule has 0 aromatic heterocycles. The largest absolute Gasteiger partial charge is 0.467 e. The fraction of sp³-hybridized carbons (Fsp3) is 0.800. The van der Waals surface area contributed by atoms with E-state index in [9.17, 15) is 9.59 Å². The number of rotatable bonds is 5. The number of ether oxygens (including phenoxy) is 2. The number of methoxy groups -OCH3 is 1. The first-order valence-corrected chi connectivity index (χ1v) is 12.4. The summed E-state index contributed by atoms with van der Waals surface area (Å²) in [6, 6.07) is -1.03. The predicted molar refractivity (Wildman–Crippen MR) is 109 cm³/mol. The molecular formula is C20H37NO5Si. The molecule has 1 heterocycles. The molecule has 7 heteroatoms. The van der Waals surface area contributed by atoms with Crippen molar-refractivity contribution in [2.24, 2.45) is 0 Å². The third-order valence-corrected chi connectivity index (χ3v) is 9.82. The zero-order valence-corrected chi connectivity index (χ0v) is 19.4. The van der Waals surface area contributed by atoms with Gasteiger partial charge in [-0.3, -0.25) is 4.90 Å². The number of carbonyl (C=O) groups is 2. The fourth-order valence-corrected chi connectivity index (χ4v) is 4.31. The summed E-state index contributed by atoms with van der Waals surface area (Å²) in [7, 11) is -0.758. The number of likely N-dealkylation sites (tertiary alicyclic amines) is 1. The van der Waals surface area contributed by atoms with Crippen molar-refractivity contribution >= 4 is 20.4 Å². The third kappa shape index (κ3) is 5.81. The summed E-state index contributed by atoms with van der Waals surface area (Å²) < 4.78 is 17.1. The van der Waals surface area contributed by atoms with Gasteiger partial charge in [0.15, 0.2) is 8.32 Å². The summed E-state index contributed by atoms with van der Waals surface area (Å²) in [4.78, 5) is 26.8. The minimum absolute atomic E-state index is 0.0197. The molecule has 27 heavy (non-hydrogen) atoms. The van der Waals surface area contributed by atoms with Crippen LogP contribution in [0.1, 0.15) is 54.4 Å². The highest BCUT2D eigenvalue weighted by Crippen LogP contribution is 2.41. The van der Waals surface area contributed by atoms with Gasteiger partial charge in [-0.05, 0) is 45.3 Å². The van der Waals surface area contributed by atoms with E-state index in [2.05, 4.69) is 40.4 Å². The first-order valence-electron chi connectivity index (χ1n) is 9.52. The van der Waals surface area contributed by atoms with Gasteiger partial charge in [-0.1, -0.05) is 26.8 Å². The normalized spacial score (nSPS) is 23.9. The Labute approximate surface area is 165 Å². The Morgan fingerprint density at radius 2 is 1.74 bits per heavy atom. The Morgan fingerprint density at radius 1 is 1.19 bits per heavy atom. The van der Waals surface area contributed by atoms with Crippen molar-refractivity contribution < 1.29 is 23.5 Å². The van der Waals surface area contributed by atoms with Gasteiger partial charge in [0.25, 0.3) is 0 Å². The maximum absolute atomic E-state index is 12.9. The van der Waals surface area contributed by atoms with Gasteiger partial charge >= 0.3 is 12.1 Å². The topological polar surface area (TPSA) is 65.1 Å². The standard InChI is InChI=1S/C20H37NO5Si/c1-11-12-14-16(26-27(9,10)20(5,6)7)13-15(17(22)24-8)21(14)18(23)25-19(2,3)4/h11,14-16H,1,12-13H2,2-10H3/t14-,15-,16-/m0/s1. The Morgan fingerprint density at radius 3 is 2.15 bits per heavy atom. The molecule has 156 valence electrons. The number of hydrogen-bond donors (Lipinski definition) is 0. The van der Waals surface area contributed by atoms with Gasteiger partial charge in [-0.2, -0.15) is 0 Å². The van der Waals surface area contributed by atoms with Gasteiger partial charge in [-0.25, -0.2) is 9.59 Å². The second-order valence-electron chi connectivity index (χ2n) is 9.67. The maximum Gasteiger partial charge on any atom is 0.411 e. The van der Waals surface area contributed by atoms with E-state index < -0.39 is 32.0 Å². The molecule has 0 bridgehead atoms. The van der Waals surface area contributed by atoms with Crippen molar-refractivity contribution in [2.75, 3.05) is 7.11 Å². The smallest absolute Gasteiger partial charge is 0.411 e. The highest BCUT2D eigenvalue weighted by molar-refractivity contribution is 6.74. The Bertz CT molecular complexity index is 562. The summed E-state index contributed by atoms with van der Waals surface area (Å²) in [5.41, 5.74) is -0.658. The van der Waals surface area contributed by atoms with Crippen LogP contribution in [0.3, 0.4) is 0 Å². The molecule has 1 rings (SSSR count). The Kier molecular flexibility index (Phi) is 7.33. The summed E-state index contributed by atoms with van der Waals surface area (Å²) >= 11 is 0. The van der Waals surface area contributed by atoms with Gasteiger partial charge in [-0.15, -0.1) is 6.58 Å². The second-order valence-corrected chi connectivity index (χ2v) is 14.4. The zero-order valence-electron chi connectivity index (χ0n) is 18.4. The average Bonchev–Trinajstić information content (AvgIpc) is 2.82. The van der Waals surface area contributed by atoms with Crippen LogP contribution in [0.5, 0.6) is 0 Å². The summed E-state index contributed by atoms with van der Waals surface area (Å²) in [6.07, 6.45) is 1.89. The summed E-state index contributed by atoms with van der Waals surface area (Å²) in [5.74, 6) is -0.448. The van der Waals surface area contributed by atoms with Crippen LogP contribution in [0.2, 0.25) is 18.1 Å². The molecule has 0 unspecified atom stereocenters. The Hall–Kier alpha value is -1.34. The number of carbonyl (C=O) groups excluding carboxylic acids is 2. The van der Waals surface area contributed by atoms with E-state index in [-0.39, 0.29) is 17.2 Å². The van der Waals surface area contributed by atoms with Gasteiger partial charge < -0.3 is 13.9 Å². The molecule has 3 atom stereocenters. The molecule has 6 nitrogen and oxygen atoms in total. The number of esters is 1. The quantitative estimate of drug-likeness (QED) is 0.387. The molecule has 1 fully saturated rings. The molecule has 1 saturated heterocycles. The van der Waals surface area contributed by atoms with Crippen LogP contribution in [-0.4, -0.2) is 56.2 Å². The molecular weight excluding hydrogens is 362 g/mol. The molecule has 0 aromatic rings. The molecule has 0 aromatic carbocycles. The second kappa shape index (κ2) is 8.35. The summed E-state index contributed by atoms with van der Waals surface area (Å²) in [6.45, 7) is 20.1. The molecule has 1 aliphatic rings. The van der Waals surface area contributed by atoms with Crippen LogP contribution >= 0.6 is 0 Å². The molecule has 0 spiro atoms. The van der Waals surface area contributed by atoms with Gasteiger partial charge in [0, 0.05) is 6.42 Å². The van der Waals surface area contributed by atoms with Crippen molar-refractivity contribution in [1.82, 2.24) is 4.90 Å². The maximum atomic E-state index is 12.9. The van der Waals surface area contributed by atoms with Crippen LogP contribution in [0, 0.1) is 0 Å². The predicted octanol–water partition coefficient (Wildman–Crippen LogP) is 4.50.